The predicted molar refractivity (Wildman–Crippen MR) is 60.6 cm³/mol. The molecule has 0 aliphatic carbocycles. The second kappa shape index (κ2) is 4.87. The number of pyridine rings is 1. The maximum absolute atomic E-state index is 12.6. The second-order valence-corrected chi connectivity index (χ2v) is 3.93. The minimum atomic E-state index is -4.47. The summed E-state index contributed by atoms with van der Waals surface area (Å²) in [5, 5.41) is 5.77. The van der Waals surface area contributed by atoms with E-state index in [1.807, 2.05) is 5.32 Å². The van der Waals surface area contributed by atoms with Crippen LogP contribution in [-0.4, -0.2) is 32.7 Å². The zero-order valence-corrected chi connectivity index (χ0v) is 9.98. The molecule has 0 fully saturated rings. The first-order valence-electron chi connectivity index (χ1n) is 5.59. The lowest BCUT2D eigenvalue weighted by atomic mass is 10.2. The normalized spacial score (nSPS) is 13.5. The van der Waals surface area contributed by atoms with Gasteiger partial charge in [0.25, 0.3) is 5.91 Å². The van der Waals surface area contributed by atoms with Crippen LogP contribution < -0.4 is 5.32 Å². The summed E-state index contributed by atoms with van der Waals surface area (Å²) in [7, 11) is 0. The summed E-state index contributed by atoms with van der Waals surface area (Å²) in [6.45, 7) is 1.36. The van der Waals surface area contributed by atoms with Gasteiger partial charge < -0.3 is 5.32 Å². The van der Waals surface area contributed by atoms with E-state index in [1.165, 1.54) is 29.9 Å². The number of hydrogen-bond donors (Lipinski definition) is 1. The number of amides is 1. The van der Waals surface area contributed by atoms with E-state index in [0.717, 1.165) is 0 Å². The fourth-order valence-electron chi connectivity index (χ4n) is 1.68. The molecule has 1 amide bonds. The summed E-state index contributed by atoms with van der Waals surface area (Å²) in [6.07, 6.45) is -1.92. The first-order valence-corrected chi connectivity index (χ1v) is 5.59. The van der Waals surface area contributed by atoms with Gasteiger partial charge in [-0.15, -0.1) is 0 Å². The molecule has 0 aliphatic rings. The Kier molecular flexibility index (Phi) is 3.41. The van der Waals surface area contributed by atoms with Gasteiger partial charge in [0.1, 0.15) is 12.4 Å². The summed E-state index contributed by atoms with van der Waals surface area (Å²) in [5.74, 6) is -0.817. The molecule has 8 heteroatoms. The van der Waals surface area contributed by atoms with E-state index in [-0.39, 0.29) is 17.6 Å². The van der Waals surface area contributed by atoms with Crippen LogP contribution >= 0.6 is 0 Å². The summed E-state index contributed by atoms with van der Waals surface area (Å²) in [4.78, 5) is 15.7. The molecule has 2 heterocycles. The number of carbonyl (C=O) groups excluding carboxylic acids is 1. The van der Waals surface area contributed by atoms with Gasteiger partial charge in [-0.2, -0.15) is 18.3 Å². The van der Waals surface area contributed by atoms with E-state index >= 15 is 0 Å². The molecule has 0 spiro atoms. The van der Waals surface area contributed by atoms with E-state index in [9.17, 15) is 18.0 Å². The van der Waals surface area contributed by atoms with Crippen LogP contribution in [0.15, 0.2) is 24.7 Å². The molecule has 0 aliphatic heterocycles. The van der Waals surface area contributed by atoms with Gasteiger partial charge in [-0.05, 0) is 18.6 Å². The van der Waals surface area contributed by atoms with Crippen LogP contribution in [0, 0.1) is 0 Å². The Morgan fingerprint density at radius 3 is 2.89 bits per heavy atom. The van der Waals surface area contributed by atoms with Crippen molar-refractivity contribution in [1.82, 2.24) is 19.9 Å². The highest BCUT2D eigenvalue weighted by Gasteiger charge is 2.39. The molecule has 5 nitrogen and oxygen atoms in total. The minimum absolute atomic E-state index is 0.0581. The molecular weight excluding hydrogens is 261 g/mol. The van der Waals surface area contributed by atoms with E-state index < -0.39 is 18.1 Å². The number of fused-ring (bicyclic) bond motifs is 1. The minimum Gasteiger partial charge on any atom is -0.340 e. The second-order valence-electron chi connectivity index (χ2n) is 3.93. The Morgan fingerprint density at radius 1 is 1.53 bits per heavy atom. The fourth-order valence-corrected chi connectivity index (χ4v) is 1.68. The van der Waals surface area contributed by atoms with Gasteiger partial charge in [0.15, 0.2) is 5.65 Å². The third-order valence-corrected chi connectivity index (χ3v) is 2.66. The van der Waals surface area contributed by atoms with E-state index in [1.54, 1.807) is 6.20 Å². The number of nitrogens with zero attached hydrogens (tertiary/aromatic N) is 3. The molecule has 0 bridgehead atoms. The van der Waals surface area contributed by atoms with Crippen molar-refractivity contribution in [2.75, 3.05) is 0 Å². The molecule has 2 aromatic heterocycles. The molecule has 2 aromatic rings. The molecular formula is C11H11F3N4O. The first-order chi connectivity index (χ1) is 8.93. The van der Waals surface area contributed by atoms with Gasteiger partial charge in [-0.3, -0.25) is 4.79 Å². The molecule has 1 unspecified atom stereocenters. The molecule has 1 atom stereocenters. The lowest BCUT2D eigenvalue weighted by molar-refractivity contribution is -0.153. The van der Waals surface area contributed by atoms with E-state index in [4.69, 9.17) is 0 Å². The molecule has 19 heavy (non-hydrogen) atoms. The smallest absolute Gasteiger partial charge is 0.340 e. The van der Waals surface area contributed by atoms with Gasteiger partial charge in [-0.1, -0.05) is 6.92 Å². The molecule has 0 saturated carbocycles. The summed E-state index contributed by atoms with van der Waals surface area (Å²) >= 11 is 0. The average Bonchev–Trinajstić information content (AvgIpc) is 2.81. The lowest BCUT2D eigenvalue weighted by Gasteiger charge is -2.20. The zero-order valence-electron chi connectivity index (χ0n) is 9.98. The van der Waals surface area contributed by atoms with Crippen molar-refractivity contribution in [2.24, 2.45) is 0 Å². The van der Waals surface area contributed by atoms with Crippen LogP contribution in [0.2, 0.25) is 0 Å². The maximum Gasteiger partial charge on any atom is 0.408 e. The first kappa shape index (κ1) is 13.3. The summed E-state index contributed by atoms with van der Waals surface area (Å²) < 4.78 is 39.1. The van der Waals surface area contributed by atoms with E-state index in [0.29, 0.717) is 0 Å². The van der Waals surface area contributed by atoms with Gasteiger partial charge in [0.05, 0.1) is 5.56 Å². The Hall–Kier alpha value is -2.12. The SMILES string of the molecule is CCC(NC(=O)c1cccn2ncnc12)C(F)(F)F. The van der Waals surface area contributed by atoms with Crippen LogP contribution in [0.5, 0.6) is 0 Å². The third-order valence-electron chi connectivity index (χ3n) is 2.66. The summed E-state index contributed by atoms with van der Waals surface area (Å²) in [6, 6.07) is 1.05. The van der Waals surface area contributed by atoms with Crippen LogP contribution in [0.1, 0.15) is 23.7 Å². The van der Waals surface area contributed by atoms with Gasteiger partial charge in [0.2, 0.25) is 0 Å². The Bertz CT molecular complexity index is 593. The van der Waals surface area contributed by atoms with Crippen molar-refractivity contribution in [3.63, 3.8) is 0 Å². The highest BCUT2D eigenvalue weighted by molar-refractivity contribution is 5.99. The van der Waals surface area contributed by atoms with E-state index in [2.05, 4.69) is 10.1 Å². The Balaban J connectivity index is 2.27. The predicted octanol–water partition coefficient (Wildman–Crippen LogP) is 1.80. The molecule has 2 rings (SSSR count). The number of hydrogen-bond acceptors (Lipinski definition) is 3. The van der Waals surface area contributed by atoms with Crippen molar-refractivity contribution < 1.29 is 18.0 Å². The van der Waals surface area contributed by atoms with Gasteiger partial charge >= 0.3 is 6.18 Å². The average molecular weight is 272 g/mol. The van der Waals surface area contributed by atoms with Gasteiger partial charge in [0, 0.05) is 6.20 Å². The van der Waals surface area contributed by atoms with Crippen molar-refractivity contribution >= 4 is 11.6 Å². The number of halogens is 3. The largest absolute Gasteiger partial charge is 0.408 e. The zero-order chi connectivity index (χ0) is 14.0. The maximum atomic E-state index is 12.6. The molecule has 1 N–H and O–H groups in total. The number of alkyl halides is 3. The summed E-state index contributed by atoms with van der Waals surface area (Å²) in [5.41, 5.74) is 0.278. The molecule has 0 saturated heterocycles. The standard InChI is InChI=1S/C11H11F3N4O/c1-2-8(11(12,13)14)17-10(19)7-4-3-5-18-9(7)15-6-16-18/h3-6,8H,2H2,1H3,(H,17,19). The topological polar surface area (TPSA) is 59.3 Å². The third kappa shape index (κ3) is 2.67. The van der Waals surface area contributed by atoms with Crippen LogP contribution in [0.4, 0.5) is 13.2 Å². The highest BCUT2D eigenvalue weighted by atomic mass is 19.4. The van der Waals surface area contributed by atoms with Crippen molar-refractivity contribution in [3.05, 3.63) is 30.2 Å². The fraction of sp³-hybridized carbons (Fsp3) is 0.364. The van der Waals surface area contributed by atoms with Gasteiger partial charge in [-0.25, -0.2) is 9.50 Å². The Morgan fingerprint density at radius 2 is 2.26 bits per heavy atom. The van der Waals surface area contributed by atoms with Crippen molar-refractivity contribution in [3.8, 4) is 0 Å². The number of aromatic nitrogens is 3. The van der Waals surface area contributed by atoms with Crippen molar-refractivity contribution in [2.45, 2.75) is 25.6 Å². The quantitative estimate of drug-likeness (QED) is 0.926. The highest BCUT2D eigenvalue weighted by Crippen LogP contribution is 2.22. The number of carbonyl (C=O) groups is 1. The van der Waals surface area contributed by atoms with Crippen LogP contribution in [0.25, 0.3) is 5.65 Å². The molecule has 0 aromatic carbocycles. The Labute approximate surface area is 106 Å². The van der Waals surface area contributed by atoms with Crippen LogP contribution in [-0.2, 0) is 0 Å². The molecule has 102 valence electrons. The number of nitrogens with one attached hydrogen (secondary N) is 1. The van der Waals surface area contributed by atoms with Crippen LogP contribution in [0.3, 0.4) is 0 Å². The van der Waals surface area contributed by atoms with Crippen molar-refractivity contribution in [1.29, 1.82) is 0 Å². The monoisotopic (exact) mass is 272 g/mol. The molecule has 0 radical (unpaired) electrons. The number of rotatable bonds is 3. The lowest BCUT2D eigenvalue weighted by Crippen LogP contribution is -2.45.